The van der Waals surface area contributed by atoms with Gasteiger partial charge in [0.1, 0.15) is 0 Å². The molecule has 3 nitrogen and oxygen atoms in total. The van der Waals surface area contributed by atoms with Gasteiger partial charge in [-0.25, -0.2) is 0 Å². The van der Waals surface area contributed by atoms with Crippen LogP contribution in [-0.4, -0.2) is 48.9 Å². The van der Waals surface area contributed by atoms with Gasteiger partial charge in [-0.15, -0.1) is 0 Å². The monoisotopic (exact) mass is 253 g/mol. The summed E-state index contributed by atoms with van der Waals surface area (Å²) >= 11 is 0. The van der Waals surface area contributed by atoms with E-state index in [9.17, 15) is 26.3 Å². The van der Waals surface area contributed by atoms with Crippen LogP contribution in [0.25, 0.3) is 0 Å². The number of β-amino-alcohol motifs (C(OH)–C–C–N with tert-alkyl or cyclic N) is 1. The van der Waals surface area contributed by atoms with Gasteiger partial charge in [-0.05, 0) is 0 Å². The topological polar surface area (TPSA) is 41.5 Å². The van der Waals surface area contributed by atoms with Gasteiger partial charge in [0, 0.05) is 13.1 Å². The van der Waals surface area contributed by atoms with E-state index in [1.165, 1.54) is 0 Å². The zero-order valence-electron chi connectivity index (χ0n) is 7.77. The van der Waals surface area contributed by atoms with Gasteiger partial charge in [-0.3, -0.25) is 0 Å². The molecule has 16 heavy (non-hydrogen) atoms. The maximum Gasteiger partial charge on any atom is 0.423 e. The lowest BCUT2D eigenvalue weighted by Gasteiger charge is -2.27. The summed E-state index contributed by atoms with van der Waals surface area (Å²) in [7, 11) is 0. The molecule has 0 aliphatic carbocycles. The second-order valence-electron chi connectivity index (χ2n) is 3.36. The smallest absolute Gasteiger partial charge is 0.389 e. The highest BCUT2D eigenvalue weighted by molar-refractivity contribution is 4.85. The highest BCUT2D eigenvalue weighted by Crippen LogP contribution is 2.36. The lowest BCUT2D eigenvalue weighted by atomic mass is 10.2. The molecule has 0 saturated carbocycles. The van der Waals surface area contributed by atoms with Crippen molar-refractivity contribution in [2.75, 3.05) is 13.1 Å². The van der Waals surface area contributed by atoms with Gasteiger partial charge in [0.05, 0.1) is 12.2 Å². The number of aliphatic hydroxyl groups excluding tert-OH is 1. The van der Waals surface area contributed by atoms with E-state index in [-0.39, 0.29) is 13.1 Å². The van der Waals surface area contributed by atoms with Crippen LogP contribution < -0.4 is 5.32 Å². The Morgan fingerprint density at radius 2 is 1.56 bits per heavy atom. The van der Waals surface area contributed by atoms with Gasteiger partial charge < -0.3 is 15.2 Å². The van der Waals surface area contributed by atoms with E-state index in [2.05, 4.69) is 10.1 Å². The van der Waals surface area contributed by atoms with Crippen molar-refractivity contribution in [1.29, 1.82) is 0 Å². The van der Waals surface area contributed by atoms with Gasteiger partial charge in [0.25, 0.3) is 0 Å². The molecule has 0 amide bonds. The van der Waals surface area contributed by atoms with Crippen molar-refractivity contribution < 1.29 is 36.2 Å². The minimum Gasteiger partial charge on any atom is -0.389 e. The molecule has 2 N–H and O–H groups in total. The summed E-state index contributed by atoms with van der Waals surface area (Å²) in [6, 6.07) is 0. The quantitative estimate of drug-likeness (QED) is 0.716. The normalized spacial score (nSPS) is 27.8. The Balaban J connectivity index is 2.72. The van der Waals surface area contributed by atoms with Crippen molar-refractivity contribution in [3.8, 4) is 0 Å². The van der Waals surface area contributed by atoms with Crippen LogP contribution in [0.3, 0.4) is 0 Å². The molecule has 0 radical (unpaired) electrons. The number of halogens is 6. The second-order valence-corrected chi connectivity index (χ2v) is 3.36. The Bertz CT molecular complexity index is 226. The molecule has 1 heterocycles. The maximum atomic E-state index is 12.0. The van der Waals surface area contributed by atoms with E-state index < -0.39 is 30.7 Å². The van der Waals surface area contributed by atoms with Gasteiger partial charge in [0.2, 0.25) is 6.10 Å². The van der Waals surface area contributed by atoms with E-state index in [4.69, 9.17) is 5.11 Å². The van der Waals surface area contributed by atoms with Crippen LogP contribution >= 0.6 is 0 Å². The molecular formula is C7H9F6NO2. The van der Waals surface area contributed by atoms with Crippen molar-refractivity contribution in [1.82, 2.24) is 5.32 Å². The fourth-order valence-corrected chi connectivity index (χ4v) is 1.29. The van der Waals surface area contributed by atoms with Crippen LogP contribution in [0, 0.1) is 0 Å². The van der Waals surface area contributed by atoms with Crippen LogP contribution in [-0.2, 0) is 4.74 Å². The molecule has 1 aliphatic rings. The summed E-state index contributed by atoms with van der Waals surface area (Å²) in [4.78, 5) is 0. The Kier molecular flexibility index (Phi) is 3.70. The highest BCUT2D eigenvalue weighted by atomic mass is 19.4. The molecule has 1 aliphatic heterocycles. The third kappa shape index (κ3) is 3.22. The first-order chi connectivity index (χ1) is 7.12. The molecule has 1 rings (SSSR count). The predicted octanol–water partition coefficient (Wildman–Crippen LogP) is 0.829. The number of aliphatic hydroxyl groups is 1. The van der Waals surface area contributed by atoms with E-state index in [0.29, 0.717) is 0 Å². The molecule has 1 saturated heterocycles. The largest absolute Gasteiger partial charge is 0.423 e. The van der Waals surface area contributed by atoms with Crippen LogP contribution in [0.4, 0.5) is 26.3 Å². The average Bonchev–Trinajstić information content (AvgIpc) is 2.42. The molecule has 0 spiro atoms. The number of hydrogen-bond donors (Lipinski definition) is 2. The standard InChI is InChI=1S/C7H9F6NO2/c8-6(9,10)5(7(11,12)13)16-4-2-14-1-3(4)15/h3-5,14-15H,1-2H2/t3-,4-/m0/s1. The van der Waals surface area contributed by atoms with Gasteiger partial charge in [-0.2, -0.15) is 26.3 Å². The maximum absolute atomic E-state index is 12.0. The molecule has 0 aromatic rings. The van der Waals surface area contributed by atoms with Crippen molar-refractivity contribution in [3.63, 3.8) is 0 Å². The molecule has 1 fully saturated rings. The average molecular weight is 253 g/mol. The first-order valence-corrected chi connectivity index (χ1v) is 4.30. The number of rotatable bonds is 2. The Hall–Kier alpha value is -0.540. The molecule has 0 aromatic heterocycles. The predicted molar refractivity (Wildman–Crippen MR) is 39.6 cm³/mol. The van der Waals surface area contributed by atoms with Gasteiger partial charge in [0.15, 0.2) is 0 Å². The zero-order valence-corrected chi connectivity index (χ0v) is 7.77. The minimum atomic E-state index is -5.54. The molecule has 9 heteroatoms. The van der Waals surface area contributed by atoms with Gasteiger partial charge >= 0.3 is 12.4 Å². The van der Waals surface area contributed by atoms with E-state index in [1.54, 1.807) is 0 Å². The summed E-state index contributed by atoms with van der Waals surface area (Å²) < 4.78 is 76.2. The number of nitrogens with one attached hydrogen (secondary N) is 1. The second kappa shape index (κ2) is 4.38. The Morgan fingerprint density at radius 1 is 1.06 bits per heavy atom. The van der Waals surface area contributed by atoms with Crippen LogP contribution in [0.15, 0.2) is 0 Å². The number of hydrogen-bond acceptors (Lipinski definition) is 3. The number of ether oxygens (including phenoxy) is 1. The first kappa shape index (κ1) is 13.5. The SMILES string of the molecule is O[C@H]1CNC[C@@H]1OC(C(F)(F)F)C(F)(F)F. The first-order valence-electron chi connectivity index (χ1n) is 4.30. The van der Waals surface area contributed by atoms with Crippen LogP contribution in [0.1, 0.15) is 0 Å². The van der Waals surface area contributed by atoms with E-state index in [1.807, 2.05) is 0 Å². The summed E-state index contributed by atoms with van der Waals surface area (Å²) in [5.74, 6) is 0. The summed E-state index contributed by atoms with van der Waals surface area (Å²) in [5.41, 5.74) is 0. The molecule has 0 aromatic carbocycles. The fraction of sp³-hybridized carbons (Fsp3) is 1.00. The lowest BCUT2D eigenvalue weighted by molar-refractivity contribution is -0.333. The molecule has 2 atom stereocenters. The fourth-order valence-electron chi connectivity index (χ4n) is 1.29. The van der Waals surface area contributed by atoms with Crippen LogP contribution in [0.5, 0.6) is 0 Å². The summed E-state index contributed by atoms with van der Waals surface area (Å²) in [5, 5.41) is 11.5. The third-order valence-corrected chi connectivity index (χ3v) is 2.03. The van der Waals surface area contributed by atoms with Gasteiger partial charge in [-0.1, -0.05) is 0 Å². The van der Waals surface area contributed by atoms with E-state index in [0.717, 1.165) is 0 Å². The molecule has 96 valence electrons. The molecule has 0 unspecified atom stereocenters. The third-order valence-electron chi connectivity index (χ3n) is 2.03. The minimum absolute atomic E-state index is 0.0902. The van der Waals surface area contributed by atoms with E-state index >= 15 is 0 Å². The van der Waals surface area contributed by atoms with Crippen molar-refractivity contribution in [2.24, 2.45) is 0 Å². The lowest BCUT2D eigenvalue weighted by Crippen LogP contribution is -2.48. The van der Waals surface area contributed by atoms with Crippen molar-refractivity contribution >= 4 is 0 Å². The summed E-state index contributed by atoms with van der Waals surface area (Å²) in [6.07, 6.45) is -17.8. The van der Waals surface area contributed by atoms with Crippen molar-refractivity contribution in [2.45, 2.75) is 30.7 Å². The Labute approximate surface area is 86.4 Å². The summed E-state index contributed by atoms with van der Waals surface area (Å²) in [6.45, 7) is -0.336. The highest BCUT2D eigenvalue weighted by Gasteiger charge is 2.59. The zero-order chi connectivity index (χ0) is 12.6. The number of alkyl halides is 6. The Morgan fingerprint density at radius 3 is 1.88 bits per heavy atom. The molecule has 0 bridgehead atoms. The van der Waals surface area contributed by atoms with Crippen LogP contribution in [0.2, 0.25) is 0 Å². The molecular weight excluding hydrogens is 244 g/mol. The van der Waals surface area contributed by atoms with Crippen molar-refractivity contribution in [3.05, 3.63) is 0 Å².